The molecule has 3 aromatic carbocycles. The van der Waals surface area contributed by atoms with Crippen LogP contribution in [0.15, 0.2) is 48.5 Å². The van der Waals surface area contributed by atoms with E-state index in [9.17, 15) is 21.6 Å². The first-order chi connectivity index (χ1) is 13.1. The Labute approximate surface area is 168 Å². The first-order valence-electron chi connectivity index (χ1n) is 7.61. The van der Waals surface area contributed by atoms with Crippen LogP contribution in [0, 0.1) is 0 Å². The summed E-state index contributed by atoms with van der Waals surface area (Å²) in [5, 5.41) is -0.151. The summed E-state index contributed by atoms with van der Waals surface area (Å²) in [6.07, 6.45) is 0. The molecule has 148 valence electrons. The molecular weight excluding hydrogens is 440 g/mol. The molecule has 10 heteroatoms. The number of ether oxygens (including phenoxy) is 1. The molecule has 0 atom stereocenters. The molecule has 0 spiro atoms. The van der Waals surface area contributed by atoms with Gasteiger partial charge in [0.25, 0.3) is 0 Å². The van der Waals surface area contributed by atoms with Gasteiger partial charge in [-0.05, 0) is 23.1 Å². The highest BCUT2D eigenvalue weighted by Gasteiger charge is 2.49. The molecule has 4 nitrogen and oxygen atoms in total. The lowest BCUT2D eigenvalue weighted by Gasteiger charge is -2.17. The van der Waals surface area contributed by atoms with Crippen LogP contribution in [0.2, 0.25) is 10.0 Å². The highest BCUT2D eigenvalue weighted by Crippen LogP contribution is 2.48. The fourth-order valence-electron chi connectivity index (χ4n) is 2.62. The van der Waals surface area contributed by atoms with Crippen molar-refractivity contribution in [3.63, 3.8) is 0 Å². The fourth-order valence-corrected chi connectivity index (χ4v) is 3.69. The van der Waals surface area contributed by atoms with E-state index in [0.29, 0.717) is 22.3 Å². The van der Waals surface area contributed by atoms with Gasteiger partial charge in [-0.2, -0.15) is 21.6 Å². The van der Waals surface area contributed by atoms with E-state index in [1.54, 1.807) is 36.4 Å². The Morgan fingerprint density at radius 3 is 2.00 bits per heavy atom. The Morgan fingerprint density at radius 1 is 0.893 bits per heavy atom. The number of fused-ring (bicyclic) bond motifs is 1. The minimum atomic E-state index is -5.93. The van der Waals surface area contributed by atoms with Crippen LogP contribution >= 0.6 is 23.2 Å². The van der Waals surface area contributed by atoms with Gasteiger partial charge in [0.2, 0.25) is 0 Å². The highest BCUT2D eigenvalue weighted by atomic mass is 35.5. The molecule has 3 aromatic rings. The van der Waals surface area contributed by atoms with Gasteiger partial charge >= 0.3 is 15.6 Å². The topological polar surface area (TPSA) is 52.6 Å². The SMILES string of the molecule is COc1ccc(-c2c(Cl)c(Cl)c(OS(=O)(=O)C(F)(F)F)c3ccccc23)cc1. The lowest BCUT2D eigenvalue weighted by molar-refractivity contribution is -0.0499. The molecule has 0 saturated heterocycles. The zero-order chi connectivity index (χ0) is 20.7. The normalized spacial score (nSPS) is 12.2. The largest absolute Gasteiger partial charge is 0.534 e. The molecule has 0 fully saturated rings. The van der Waals surface area contributed by atoms with Gasteiger partial charge in [0.1, 0.15) is 10.8 Å². The van der Waals surface area contributed by atoms with Crippen molar-refractivity contribution in [1.82, 2.24) is 0 Å². The minimum absolute atomic E-state index is 0.0653. The van der Waals surface area contributed by atoms with Crippen molar-refractivity contribution in [3.05, 3.63) is 58.6 Å². The lowest BCUT2D eigenvalue weighted by Crippen LogP contribution is -2.28. The Balaban J connectivity index is 2.29. The molecule has 0 bridgehead atoms. The van der Waals surface area contributed by atoms with Crippen LogP contribution in [0.5, 0.6) is 11.5 Å². The van der Waals surface area contributed by atoms with E-state index in [1.165, 1.54) is 19.2 Å². The molecule has 0 aliphatic heterocycles. The number of alkyl halides is 3. The van der Waals surface area contributed by atoms with Crippen LogP contribution in [0.3, 0.4) is 0 Å². The minimum Gasteiger partial charge on any atom is -0.497 e. The summed E-state index contributed by atoms with van der Waals surface area (Å²) in [6, 6.07) is 12.8. The molecule has 3 rings (SSSR count). The van der Waals surface area contributed by atoms with Gasteiger partial charge in [-0.1, -0.05) is 59.6 Å². The summed E-state index contributed by atoms with van der Waals surface area (Å²) in [7, 11) is -4.43. The zero-order valence-corrected chi connectivity index (χ0v) is 16.4. The fraction of sp³-hybridized carbons (Fsp3) is 0.111. The molecule has 0 amide bonds. The summed E-state index contributed by atoms with van der Waals surface area (Å²) in [5.74, 6) is -0.0941. The molecule has 0 aliphatic carbocycles. The summed E-state index contributed by atoms with van der Waals surface area (Å²) >= 11 is 12.4. The molecule has 28 heavy (non-hydrogen) atoms. The van der Waals surface area contributed by atoms with Crippen molar-refractivity contribution < 1.29 is 30.5 Å². The van der Waals surface area contributed by atoms with Crippen LogP contribution < -0.4 is 8.92 Å². The van der Waals surface area contributed by atoms with Gasteiger partial charge in [-0.3, -0.25) is 0 Å². The van der Waals surface area contributed by atoms with Crippen molar-refractivity contribution in [2.75, 3.05) is 7.11 Å². The number of benzene rings is 3. The number of hydrogen-bond acceptors (Lipinski definition) is 4. The van der Waals surface area contributed by atoms with Crippen LogP contribution in [-0.4, -0.2) is 21.0 Å². The maximum absolute atomic E-state index is 12.8. The van der Waals surface area contributed by atoms with E-state index >= 15 is 0 Å². The van der Waals surface area contributed by atoms with Crippen LogP contribution in [0.4, 0.5) is 13.2 Å². The Bertz CT molecular complexity index is 1140. The second kappa shape index (κ2) is 7.35. The van der Waals surface area contributed by atoms with Gasteiger partial charge in [0.05, 0.1) is 12.1 Å². The van der Waals surface area contributed by atoms with Crippen molar-refractivity contribution in [1.29, 1.82) is 0 Å². The van der Waals surface area contributed by atoms with Crippen molar-refractivity contribution in [2.45, 2.75) is 5.51 Å². The van der Waals surface area contributed by atoms with E-state index in [4.69, 9.17) is 27.9 Å². The van der Waals surface area contributed by atoms with Crippen LogP contribution in [0.25, 0.3) is 21.9 Å². The summed E-state index contributed by atoms with van der Waals surface area (Å²) in [5.41, 5.74) is -4.59. The molecule has 0 unspecified atom stereocenters. The zero-order valence-electron chi connectivity index (χ0n) is 14.0. The highest BCUT2D eigenvalue weighted by molar-refractivity contribution is 7.88. The van der Waals surface area contributed by atoms with Gasteiger partial charge in [-0.15, -0.1) is 0 Å². The predicted molar refractivity (Wildman–Crippen MR) is 102 cm³/mol. The van der Waals surface area contributed by atoms with Crippen molar-refractivity contribution >= 4 is 44.1 Å². The Morgan fingerprint density at radius 2 is 1.46 bits per heavy atom. The van der Waals surface area contributed by atoms with Crippen LogP contribution in [0.1, 0.15) is 0 Å². The van der Waals surface area contributed by atoms with E-state index in [-0.39, 0.29) is 10.4 Å². The van der Waals surface area contributed by atoms with E-state index in [0.717, 1.165) is 0 Å². The average molecular weight is 451 g/mol. The molecule has 0 heterocycles. The second-order valence-electron chi connectivity index (χ2n) is 5.59. The third-order valence-electron chi connectivity index (χ3n) is 3.91. The first kappa shape index (κ1) is 20.6. The molecule has 0 N–H and O–H groups in total. The maximum atomic E-state index is 12.8. The van der Waals surface area contributed by atoms with E-state index in [1.807, 2.05) is 0 Å². The number of halogens is 5. The third-order valence-corrected chi connectivity index (χ3v) is 5.70. The quantitative estimate of drug-likeness (QED) is 0.358. The number of hydrogen-bond donors (Lipinski definition) is 0. The van der Waals surface area contributed by atoms with Gasteiger partial charge in [0, 0.05) is 10.9 Å². The number of rotatable bonds is 4. The standard InChI is InChI=1S/C18H11Cl2F3O4S/c1-26-11-8-6-10(7-9-11)14-12-4-2-3-5-13(12)17(16(20)15(14)19)27-28(24,25)18(21,22)23/h2-9H,1H3. The van der Waals surface area contributed by atoms with E-state index in [2.05, 4.69) is 4.18 Å². The molecule has 0 aliphatic rings. The monoisotopic (exact) mass is 450 g/mol. The van der Waals surface area contributed by atoms with Gasteiger partial charge < -0.3 is 8.92 Å². The smallest absolute Gasteiger partial charge is 0.497 e. The summed E-state index contributed by atoms with van der Waals surface area (Å²) < 4.78 is 70.7. The van der Waals surface area contributed by atoms with E-state index < -0.39 is 26.4 Å². The van der Waals surface area contributed by atoms with Crippen molar-refractivity contribution in [3.8, 4) is 22.6 Å². The lowest BCUT2D eigenvalue weighted by atomic mass is 9.97. The maximum Gasteiger partial charge on any atom is 0.534 e. The first-order valence-corrected chi connectivity index (χ1v) is 9.78. The molecule has 0 saturated carbocycles. The Kier molecular flexibility index (Phi) is 5.40. The average Bonchev–Trinajstić information content (AvgIpc) is 2.65. The molecular formula is C18H11Cl2F3O4S. The molecule has 0 radical (unpaired) electrons. The third kappa shape index (κ3) is 3.59. The van der Waals surface area contributed by atoms with Crippen molar-refractivity contribution in [2.24, 2.45) is 0 Å². The van der Waals surface area contributed by atoms with Gasteiger partial charge in [-0.25, -0.2) is 0 Å². The second-order valence-corrected chi connectivity index (χ2v) is 7.88. The van der Waals surface area contributed by atoms with Crippen LogP contribution in [-0.2, 0) is 10.1 Å². The van der Waals surface area contributed by atoms with Gasteiger partial charge in [0.15, 0.2) is 5.75 Å². The predicted octanol–water partition coefficient (Wildman–Crippen LogP) is 6.05. The summed E-state index contributed by atoms with van der Waals surface area (Å²) in [6.45, 7) is 0. The number of methoxy groups -OCH3 is 1. The summed E-state index contributed by atoms with van der Waals surface area (Å²) in [4.78, 5) is 0. The Hall–Kier alpha value is -2.16. The molecule has 0 aromatic heterocycles.